The molecule has 0 aliphatic rings. The summed E-state index contributed by atoms with van der Waals surface area (Å²) in [7, 11) is 0. The van der Waals surface area contributed by atoms with Crippen LogP contribution < -0.4 is 16.6 Å². The third-order valence-electron chi connectivity index (χ3n) is 1.32. The Morgan fingerprint density at radius 2 is 1.77 bits per heavy atom. The number of rotatable bonds is 2. The maximum atomic E-state index is 10.7. The number of nitrogens with two attached hydrogens (primary N) is 1. The molecule has 0 fully saturated rings. The van der Waals surface area contributed by atoms with Crippen molar-refractivity contribution in [1.29, 1.82) is 0 Å². The van der Waals surface area contributed by atoms with Gasteiger partial charge in [0.05, 0.1) is 5.69 Å². The summed E-state index contributed by atoms with van der Waals surface area (Å²) in [5, 5.41) is 0. The lowest BCUT2D eigenvalue weighted by Gasteiger charge is -2.05. The fraction of sp³-hybridized carbons (Fsp3) is 0. The van der Waals surface area contributed by atoms with Gasteiger partial charge in [-0.2, -0.15) is 0 Å². The van der Waals surface area contributed by atoms with E-state index in [-0.39, 0.29) is 0 Å². The number of amides is 2. The van der Waals surface area contributed by atoms with Gasteiger partial charge < -0.3 is 5.73 Å². The summed E-state index contributed by atoms with van der Waals surface area (Å²) < 4.78 is 0. The minimum absolute atomic E-state index is 0.678. The SMILES string of the molecule is NC(=O)C(=O)NNc1ccccc1. The number of carbonyl (C=O) groups excluding carboxylic acids is 2. The highest BCUT2D eigenvalue weighted by Gasteiger charge is 2.06. The summed E-state index contributed by atoms with van der Waals surface area (Å²) in [6.07, 6.45) is 0. The molecular weight excluding hydrogens is 170 g/mol. The first-order valence-electron chi connectivity index (χ1n) is 3.61. The molecule has 0 radical (unpaired) electrons. The molecular formula is C8H9N3O2. The van der Waals surface area contributed by atoms with Gasteiger partial charge in [-0.1, -0.05) is 18.2 Å². The third-order valence-corrected chi connectivity index (χ3v) is 1.32. The van der Waals surface area contributed by atoms with Gasteiger partial charge in [0.1, 0.15) is 0 Å². The van der Waals surface area contributed by atoms with Crippen molar-refractivity contribution in [3.05, 3.63) is 30.3 Å². The lowest BCUT2D eigenvalue weighted by molar-refractivity contribution is -0.136. The summed E-state index contributed by atoms with van der Waals surface area (Å²) in [4.78, 5) is 21.0. The summed E-state index contributed by atoms with van der Waals surface area (Å²) in [6.45, 7) is 0. The highest BCUT2D eigenvalue weighted by atomic mass is 16.2. The largest absolute Gasteiger partial charge is 0.361 e. The van der Waals surface area contributed by atoms with Gasteiger partial charge in [0.25, 0.3) is 0 Å². The minimum Gasteiger partial charge on any atom is -0.361 e. The molecule has 4 N–H and O–H groups in total. The number of hydrogen-bond acceptors (Lipinski definition) is 3. The molecule has 1 aromatic carbocycles. The Balaban J connectivity index is 2.44. The van der Waals surface area contributed by atoms with Crippen LogP contribution in [-0.4, -0.2) is 11.8 Å². The van der Waals surface area contributed by atoms with Crippen molar-refractivity contribution in [1.82, 2.24) is 5.43 Å². The van der Waals surface area contributed by atoms with E-state index in [1.54, 1.807) is 24.3 Å². The van der Waals surface area contributed by atoms with E-state index >= 15 is 0 Å². The Labute approximate surface area is 74.9 Å². The Bertz CT molecular complexity index is 310. The van der Waals surface area contributed by atoms with Crippen molar-refractivity contribution in [3.63, 3.8) is 0 Å². The second-order valence-electron chi connectivity index (χ2n) is 2.31. The number of carbonyl (C=O) groups is 2. The number of nitrogens with one attached hydrogen (secondary N) is 2. The molecule has 0 heterocycles. The second kappa shape index (κ2) is 4.10. The molecule has 1 aromatic rings. The van der Waals surface area contributed by atoms with Crippen LogP contribution in [0.4, 0.5) is 5.69 Å². The van der Waals surface area contributed by atoms with Crippen molar-refractivity contribution < 1.29 is 9.59 Å². The zero-order valence-corrected chi connectivity index (χ0v) is 6.78. The topological polar surface area (TPSA) is 84.2 Å². The molecule has 0 atom stereocenters. The standard InChI is InChI=1S/C8H9N3O2/c9-7(12)8(13)11-10-6-4-2-1-3-5-6/h1-5,10H,(H2,9,12)(H,11,13). The molecule has 0 saturated heterocycles. The average Bonchev–Trinajstić information content (AvgIpc) is 2.15. The minimum atomic E-state index is -1.02. The van der Waals surface area contributed by atoms with Gasteiger partial charge in [-0.25, -0.2) is 0 Å². The van der Waals surface area contributed by atoms with Gasteiger partial charge in [0, 0.05) is 0 Å². The normalized spacial score (nSPS) is 8.92. The second-order valence-corrected chi connectivity index (χ2v) is 2.31. The van der Waals surface area contributed by atoms with Crippen molar-refractivity contribution in [2.24, 2.45) is 5.73 Å². The number of para-hydroxylation sites is 1. The van der Waals surface area contributed by atoms with Gasteiger partial charge in [0.15, 0.2) is 0 Å². The quantitative estimate of drug-likeness (QED) is 0.427. The molecule has 5 nitrogen and oxygen atoms in total. The molecule has 0 saturated carbocycles. The van der Waals surface area contributed by atoms with E-state index < -0.39 is 11.8 Å². The zero-order chi connectivity index (χ0) is 9.68. The van der Waals surface area contributed by atoms with E-state index in [1.807, 2.05) is 6.07 Å². The molecule has 0 aliphatic heterocycles. The van der Waals surface area contributed by atoms with Crippen LogP contribution in [0.15, 0.2) is 30.3 Å². The summed E-state index contributed by atoms with van der Waals surface area (Å²) in [5.41, 5.74) is 10.0. The maximum Gasteiger partial charge on any atom is 0.327 e. The molecule has 2 amide bonds. The predicted molar refractivity (Wildman–Crippen MR) is 47.4 cm³/mol. The van der Waals surface area contributed by atoms with Crippen LogP contribution in [0.5, 0.6) is 0 Å². The van der Waals surface area contributed by atoms with Crippen molar-refractivity contribution in [2.45, 2.75) is 0 Å². The summed E-state index contributed by atoms with van der Waals surface area (Å²) in [6, 6.07) is 8.89. The molecule has 5 heteroatoms. The molecule has 0 bridgehead atoms. The maximum absolute atomic E-state index is 10.7. The highest BCUT2D eigenvalue weighted by molar-refractivity contribution is 6.34. The summed E-state index contributed by atoms with van der Waals surface area (Å²) in [5.74, 6) is -1.90. The van der Waals surface area contributed by atoms with Crippen LogP contribution in [-0.2, 0) is 9.59 Å². The van der Waals surface area contributed by atoms with Crippen molar-refractivity contribution >= 4 is 17.5 Å². The van der Waals surface area contributed by atoms with Crippen LogP contribution >= 0.6 is 0 Å². The number of anilines is 1. The Morgan fingerprint density at radius 3 is 2.31 bits per heavy atom. The first-order chi connectivity index (χ1) is 6.20. The van der Waals surface area contributed by atoms with Gasteiger partial charge in [-0.3, -0.25) is 20.4 Å². The number of benzene rings is 1. The third kappa shape index (κ3) is 2.82. The average molecular weight is 179 g/mol. The molecule has 0 aromatic heterocycles. The number of primary amides is 1. The van der Waals surface area contributed by atoms with Crippen LogP contribution in [0.2, 0.25) is 0 Å². The van der Waals surface area contributed by atoms with E-state index in [1.165, 1.54) is 0 Å². The highest BCUT2D eigenvalue weighted by Crippen LogP contribution is 2.01. The smallest absolute Gasteiger partial charge is 0.327 e. The fourth-order valence-electron chi connectivity index (χ4n) is 0.712. The van der Waals surface area contributed by atoms with E-state index in [2.05, 4.69) is 10.9 Å². The molecule has 0 aliphatic carbocycles. The molecule has 13 heavy (non-hydrogen) atoms. The lowest BCUT2D eigenvalue weighted by atomic mass is 10.3. The number of hydrogen-bond donors (Lipinski definition) is 3. The van der Waals surface area contributed by atoms with Crippen LogP contribution in [0, 0.1) is 0 Å². The van der Waals surface area contributed by atoms with Gasteiger partial charge in [-0.05, 0) is 12.1 Å². The van der Waals surface area contributed by atoms with E-state index in [0.717, 1.165) is 0 Å². The molecule has 0 spiro atoms. The fourth-order valence-corrected chi connectivity index (χ4v) is 0.712. The van der Waals surface area contributed by atoms with Crippen LogP contribution in [0.25, 0.3) is 0 Å². The number of hydrazine groups is 1. The van der Waals surface area contributed by atoms with Gasteiger partial charge in [-0.15, -0.1) is 0 Å². The molecule has 0 unspecified atom stereocenters. The van der Waals surface area contributed by atoms with Gasteiger partial charge >= 0.3 is 11.8 Å². The van der Waals surface area contributed by atoms with Crippen LogP contribution in [0.3, 0.4) is 0 Å². The first kappa shape index (κ1) is 9.05. The Hall–Kier alpha value is -2.04. The van der Waals surface area contributed by atoms with E-state index in [4.69, 9.17) is 5.73 Å². The van der Waals surface area contributed by atoms with Crippen molar-refractivity contribution in [3.8, 4) is 0 Å². The first-order valence-corrected chi connectivity index (χ1v) is 3.61. The lowest BCUT2D eigenvalue weighted by Crippen LogP contribution is -2.39. The predicted octanol–water partition coefficient (Wildman–Crippen LogP) is -0.385. The Kier molecular flexibility index (Phi) is 2.86. The van der Waals surface area contributed by atoms with Crippen molar-refractivity contribution in [2.75, 3.05) is 5.43 Å². The zero-order valence-electron chi connectivity index (χ0n) is 6.78. The van der Waals surface area contributed by atoms with Crippen LogP contribution in [0.1, 0.15) is 0 Å². The summed E-state index contributed by atoms with van der Waals surface area (Å²) >= 11 is 0. The molecule has 68 valence electrons. The monoisotopic (exact) mass is 179 g/mol. The van der Waals surface area contributed by atoms with Gasteiger partial charge in [0.2, 0.25) is 0 Å². The molecule has 1 rings (SSSR count). The van der Waals surface area contributed by atoms with E-state index in [0.29, 0.717) is 5.69 Å². The van der Waals surface area contributed by atoms with E-state index in [9.17, 15) is 9.59 Å². The Morgan fingerprint density at radius 1 is 1.15 bits per heavy atom.